The third kappa shape index (κ3) is 5.39. The summed E-state index contributed by atoms with van der Waals surface area (Å²) in [5.74, 6) is 0.793. The van der Waals surface area contributed by atoms with Gasteiger partial charge in [0.15, 0.2) is 5.96 Å². The Bertz CT molecular complexity index is 659. The summed E-state index contributed by atoms with van der Waals surface area (Å²) in [7, 11) is 1.78. The molecule has 0 radical (unpaired) electrons. The average molecular weight is 314 g/mol. The van der Waals surface area contributed by atoms with E-state index in [2.05, 4.69) is 38.7 Å². The summed E-state index contributed by atoms with van der Waals surface area (Å²) in [6.45, 7) is 8.52. The van der Waals surface area contributed by atoms with Crippen LogP contribution < -0.4 is 10.6 Å². The summed E-state index contributed by atoms with van der Waals surface area (Å²) in [5, 5.41) is 11.1. The zero-order valence-electron chi connectivity index (χ0n) is 14.4. The van der Waals surface area contributed by atoms with Gasteiger partial charge in [0.05, 0.1) is 17.9 Å². The van der Waals surface area contributed by atoms with Crippen molar-refractivity contribution >= 4 is 5.96 Å². The normalized spacial score (nSPS) is 11.6. The fraction of sp³-hybridized carbons (Fsp3) is 0.471. The lowest BCUT2D eigenvalue weighted by Gasteiger charge is -2.12. The van der Waals surface area contributed by atoms with Gasteiger partial charge in [0.1, 0.15) is 0 Å². The number of nitrogens with one attached hydrogen (secondary N) is 2. The molecule has 0 spiro atoms. The van der Waals surface area contributed by atoms with Gasteiger partial charge in [0.2, 0.25) is 0 Å². The van der Waals surface area contributed by atoms with Crippen molar-refractivity contribution in [1.82, 2.24) is 25.4 Å². The third-order valence-electron chi connectivity index (χ3n) is 3.55. The van der Waals surface area contributed by atoms with Gasteiger partial charge in [-0.1, -0.05) is 6.07 Å². The highest BCUT2D eigenvalue weighted by Crippen LogP contribution is 2.02. The number of nitrogens with zero attached hydrogens (tertiary/aromatic N) is 4. The molecule has 6 nitrogen and oxygen atoms in total. The van der Waals surface area contributed by atoms with Crippen LogP contribution in [0.15, 0.2) is 29.3 Å². The topological polar surface area (TPSA) is 67.1 Å². The molecule has 2 N–H and O–H groups in total. The van der Waals surface area contributed by atoms with E-state index in [1.54, 1.807) is 7.05 Å². The Hall–Kier alpha value is -2.37. The predicted octanol–water partition coefficient (Wildman–Crippen LogP) is 1.96. The van der Waals surface area contributed by atoms with Gasteiger partial charge in [0, 0.05) is 31.5 Å². The molecule has 0 saturated carbocycles. The van der Waals surface area contributed by atoms with E-state index in [4.69, 9.17) is 0 Å². The highest BCUT2D eigenvalue weighted by Gasteiger charge is 2.02. The van der Waals surface area contributed by atoms with E-state index in [9.17, 15) is 0 Å². The maximum atomic E-state index is 4.47. The van der Waals surface area contributed by atoms with Crippen molar-refractivity contribution in [2.45, 2.75) is 40.3 Å². The van der Waals surface area contributed by atoms with Crippen molar-refractivity contribution < 1.29 is 0 Å². The summed E-state index contributed by atoms with van der Waals surface area (Å²) in [6, 6.07) is 8.12. The maximum absolute atomic E-state index is 4.47. The first-order chi connectivity index (χ1) is 11.1. The second-order valence-electron chi connectivity index (χ2n) is 5.63. The molecule has 124 valence electrons. The van der Waals surface area contributed by atoms with Crippen LogP contribution in [0.1, 0.15) is 29.2 Å². The Morgan fingerprint density at radius 3 is 2.65 bits per heavy atom. The van der Waals surface area contributed by atoms with E-state index in [0.717, 1.165) is 42.6 Å². The Morgan fingerprint density at radius 1 is 1.17 bits per heavy atom. The zero-order valence-corrected chi connectivity index (χ0v) is 14.4. The molecular formula is C17H26N6. The molecule has 6 heteroatoms. The molecule has 0 unspecified atom stereocenters. The lowest BCUT2D eigenvalue weighted by molar-refractivity contribution is 0.555. The monoisotopic (exact) mass is 314 g/mol. The quantitative estimate of drug-likeness (QED) is 0.486. The van der Waals surface area contributed by atoms with E-state index in [0.29, 0.717) is 6.54 Å². The lowest BCUT2D eigenvalue weighted by Crippen LogP contribution is -2.37. The van der Waals surface area contributed by atoms with Crippen LogP contribution >= 0.6 is 0 Å². The molecule has 2 heterocycles. The summed E-state index contributed by atoms with van der Waals surface area (Å²) in [4.78, 5) is 8.71. The van der Waals surface area contributed by atoms with Crippen LogP contribution in [0.5, 0.6) is 0 Å². The first-order valence-electron chi connectivity index (χ1n) is 7.96. The van der Waals surface area contributed by atoms with Crippen LogP contribution in [0.25, 0.3) is 0 Å². The minimum atomic E-state index is 0.665. The molecule has 0 fully saturated rings. The van der Waals surface area contributed by atoms with Crippen molar-refractivity contribution in [3.05, 3.63) is 47.0 Å². The first-order valence-corrected chi connectivity index (χ1v) is 7.96. The molecular weight excluding hydrogens is 288 g/mol. The molecule has 0 aromatic carbocycles. The first kappa shape index (κ1) is 17.0. The SMILES string of the molecule is CN=C(NCCCn1nc(C)cc1C)NCc1cccc(C)n1. The molecule has 2 aromatic heterocycles. The Labute approximate surface area is 138 Å². The van der Waals surface area contributed by atoms with Crippen LogP contribution in [0.2, 0.25) is 0 Å². The Morgan fingerprint density at radius 2 is 2.00 bits per heavy atom. The Kier molecular flexibility index (Phi) is 6.14. The van der Waals surface area contributed by atoms with Crippen LogP contribution in [0, 0.1) is 20.8 Å². The number of pyridine rings is 1. The van der Waals surface area contributed by atoms with Crippen molar-refractivity contribution in [2.75, 3.05) is 13.6 Å². The van der Waals surface area contributed by atoms with Gasteiger partial charge in [-0.25, -0.2) is 0 Å². The van der Waals surface area contributed by atoms with Gasteiger partial charge in [-0.05, 0) is 45.4 Å². The van der Waals surface area contributed by atoms with Crippen molar-refractivity contribution in [3.63, 3.8) is 0 Å². The van der Waals surface area contributed by atoms with Gasteiger partial charge >= 0.3 is 0 Å². The molecule has 0 aliphatic rings. The molecule has 0 atom stereocenters. The zero-order chi connectivity index (χ0) is 16.7. The number of hydrogen-bond donors (Lipinski definition) is 2. The molecule has 0 amide bonds. The lowest BCUT2D eigenvalue weighted by atomic mass is 10.3. The minimum Gasteiger partial charge on any atom is -0.356 e. The molecule has 0 bridgehead atoms. The second-order valence-corrected chi connectivity index (χ2v) is 5.63. The molecule has 2 aromatic rings. The van der Waals surface area contributed by atoms with E-state index in [1.165, 1.54) is 5.69 Å². The summed E-state index contributed by atoms with van der Waals surface area (Å²) in [6.07, 6.45) is 0.991. The Balaban J connectivity index is 1.72. The van der Waals surface area contributed by atoms with E-state index < -0.39 is 0 Å². The summed E-state index contributed by atoms with van der Waals surface area (Å²) < 4.78 is 2.05. The van der Waals surface area contributed by atoms with Crippen molar-refractivity contribution in [2.24, 2.45) is 4.99 Å². The smallest absolute Gasteiger partial charge is 0.191 e. The van der Waals surface area contributed by atoms with Crippen LogP contribution in [-0.2, 0) is 13.1 Å². The van der Waals surface area contributed by atoms with Crippen LogP contribution in [0.4, 0.5) is 0 Å². The van der Waals surface area contributed by atoms with Gasteiger partial charge in [-0.3, -0.25) is 14.7 Å². The van der Waals surface area contributed by atoms with Crippen LogP contribution in [-0.4, -0.2) is 34.3 Å². The fourth-order valence-electron chi connectivity index (χ4n) is 2.43. The van der Waals surface area contributed by atoms with Crippen molar-refractivity contribution in [1.29, 1.82) is 0 Å². The second kappa shape index (κ2) is 8.31. The molecule has 0 saturated heterocycles. The van der Waals surface area contributed by atoms with Crippen molar-refractivity contribution in [3.8, 4) is 0 Å². The fourth-order valence-corrected chi connectivity index (χ4v) is 2.43. The standard InChI is InChI=1S/C17H26N6/c1-13-7-5-8-16(21-13)12-20-17(18-4)19-9-6-10-23-15(3)11-14(2)22-23/h5,7-8,11H,6,9-10,12H2,1-4H3,(H2,18,19,20). The molecule has 23 heavy (non-hydrogen) atoms. The van der Waals surface area contributed by atoms with Gasteiger partial charge < -0.3 is 10.6 Å². The molecule has 0 aliphatic heterocycles. The number of hydrogen-bond acceptors (Lipinski definition) is 3. The average Bonchev–Trinajstić information content (AvgIpc) is 2.84. The third-order valence-corrected chi connectivity index (χ3v) is 3.55. The van der Waals surface area contributed by atoms with E-state index >= 15 is 0 Å². The van der Waals surface area contributed by atoms with Gasteiger partial charge in [-0.15, -0.1) is 0 Å². The van der Waals surface area contributed by atoms with Gasteiger partial charge in [-0.2, -0.15) is 5.10 Å². The molecule has 2 rings (SSSR count). The highest BCUT2D eigenvalue weighted by atomic mass is 15.3. The van der Waals surface area contributed by atoms with Crippen LogP contribution in [0.3, 0.4) is 0 Å². The largest absolute Gasteiger partial charge is 0.356 e. The maximum Gasteiger partial charge on any atom is 0.191 e. The number of guanidine groups is 1. The summed E-state index contributed by atoms with van der Waals surface area (Å²) >= 11 is 0. The number of aliphatic imine (C=N–C) groups is 1. The van der Waals surface area contributed by atoms with E-state index in [1.807, 2.05) is 36.7 Å². The summed E-state index contributed by atoms with van der Waals surface area (Å²) in [5.41, 5.74) is 4.31. The highest BCUT2D eigenvalue weighted by molar-refractivity contribution is 5.79. The predicted molar refractivity (Wildman–Crippen MR) is 93.5 cm³/mol. The van der Waals surface area contributed by atoms with E-state index in [-0.39, 0.29) is 0 Å². The number of aromatic nitrogens is 3. The number of aryl methyl sites for hydroxylation is 4. The molecule has 0 aliphatic carbocycles. The minimum absolute atomic E-state index is 0.665. The van der Waals surface area contributed by atoms with Gasteiger partial charge in [0.25, 0.3) is 0 Å². The number of rotatable bonds is 6.